The molecule has 0 amide bonds. The molecule has 0 unspecified atom stereocenters. The van der Waals surface area contributed by atoms with Gasteiger partial charge in [-0.1, -0.05) is 190 Å². The van der Waals surface area contributed by atoms with Crippen LogP contribution in [0.3, 0.4) is 0 Å². The molecule has 0 saturated heterocycles. The van der Waals surface area contributed by atoms with E-state index in [0.29, 0.717) is 0 Å². The number of aromatic nitrogens is 2. The van der Waals surface area contributed by atoms with Gasteiger partial charge in [0.25, 0.3) is 0 Å². The zero-order valence-electron chi connectivity index (χ0n) is 40.0. The van der Waals surface area contributed by atoms with Gasteiger partial charge in [0.1, 0.15) is 0 Å². The summed E-state index contributed by atoms with van der Waals surface area (Å²) in [6, 6.07) is 91.5. The second-order valence-corrected chi connectivity index (χ2v) is 20.8. The Labute approximate surface area is 418 Å². The van der Waals surface area contributed by atoms with Crippen LogP contribution in [0.2, 0.25) is 0 Å². The molecule has 0 bridgehead atoms. The lowest BCUT2D eigenvalue weighted by atomic mass is 9.70. The average Bonchev–Trinajstić information content (AvgIpc) is 4.19. The zero-order chi connectivity index (χ0) is 47.5. The molecule has 3 aliphatic carbocycles. The molecule has 2 aromatic heterocycles. The highest BCUT2D eigenvalue weighted by molar-refractivity contribution is 6.13. The van der Waals surface area contributed by atoms with Crippen LogP contribution in [0, 0.1) is 0 Å². The van der Waals surface area contributed by atoms with Crippen molar-refractivity contribution in [1.82, 2.24) is 9.13 Å². The number of hydrogen-bond donors (Lipinski definition) is 0. The molecule has 11 aromatic carbocycles. The van der Waals surface area contributed by atoms with E-state index in [4.69, 9.17) is 0 Å². The quantitative estimate of drug-likeness (QED) is 0.166. The third kappa shape index (κ3) is 5.13. The Bertz CT molecular complexity index is 4420. The van der Waals surface area contributed by atoms with Gasteiger partial charge in [0, 0.05) is 38.3 Å². The first-order chi connectivity index (χ1) is 35.5. The fraction of sp³-hybridized carbons (Fsp3) is 0.0571. The summed E-state index contributed by atoms with van der Waals surface area (Å²) in [4.78, 5) is 0. The molecule has 2 heterocycles. The number of rotatable bonds is 4. The topological polar surface area (TPSA) is 9.86 Å². The van der Waals surface area contributed by atoms with E-state index in [2.05, 4.69) is 266 Å². The number of hydrogen-bond acceptors (Lipinski definition) is 0. The molecule has 0 fully saturated rings. The van der Waals surface area contributed by atoms with Crippen LogP contribution in [0.25, 0.3) is 111 Å². The van der Waals surface area contributed by atoms with E-state index in [9.17, 15) is 0 Å². The summed E-state index contributed by atoms with van der Waals surface area (Å²) in [7, 11) is 0. The molecule has 336 valence electrons. The molecule has 2 heteroatoms. The maximum Gasteiger partial charge on any atom is 0.0726 e. The van der Waals surface area contributed by atoms with Crippen LogP contribution in [-0.4, -0.2) is 9.13 Å². The Morgan fingerprint density at radius 1 is 0.250 bits per heavy atom. The van der Waals surface area contributed by atoms with E-state index in [1.54, 1.807) is 0 Å². The lowest BCUT2D eigenvalue weighted by molar-refractivity contribution is 0.660. The molecule has 16 rings (SSSR count). The zero-order valence-corrected chi connectivity index (χ0v) is 40.0. The van der Waals surface area contributed by atoms with Gasteiger partial charge >= 0.3 is 0 Å². The minimum atomic E-state index is -0.424. The van der Waals surface area contributed by atoms with Crippen molar-refractivity contribution >= 4 is 43.6 Å². The Hall–Kier alpha value is -8.98. The van der Waals surface area contributed by atoms with Crippen LogP contribution in [0.15, 0.2) is 243 Å². The molecule has 0 saturated carbocycles. The van der Waals surface area contributed by atoms with Crippen LogP contribution >= 0.6 is 0 Å². The third-order valence-corrected chi connectivity index (χ3v) is 16.9. The molecular formula is C70H46N2. The average molecular weight is 915 g/mol. The van der Waals surface area contributed by atoms with Gasteiger partial charge in [0.05, 0.1) is 27.5 Å². The van der Waals surface area contributed by atoms with E-state index in [1.165, 1.54) is 138 Å². The van der Waals surface area contributed by atoms with Gasteiger partial charge in [-0.3, -0.25) is 0 Å². The van der Waals surface area contributed by atoms with Gasteiger partial charge in [0.15, 0.2) is 0 Å². The molecule has 72 heavy (non-hydrogen) atoms. The fourth-order valence-electron chi connectivity index (χ4n) is 13.8. The molecule has 0 N–H and O–H groups in total. The Morgan fingerprint density at radius 2 is 0.625 bits per heavy atom. The standard InChI is InChI=1S/C70H46N2/c1-69(2)59-23-11-6-18-49(59)53-33-31-47(41-63(53)69)71-65-27-15-10-22-55(65)56-39-45(29-36-66(56)71)46-30-37-68-58(40-46)57-38-44(43-16-4-3-5-17-43)28-35-67(57)72(68)48-32-34-54-52-21-9-14-26-62(52)70(64(54)42-48)60-24-12-7-19-50(60)51-20-8-13-25-61(51)70/h3-42H,1-2H3. The minimum absolute atomic E-state index is 0.0829. The van der Waals surface area contributed by atoms with Crippen molar-refractivity contribution in [2.45, 2.75) is 24.7 Å². The van der Waals surface area contributed by atoms with Gasteiger partial charge in [-0.2, -0.15) is 0 Å². The number of benzene rings is 11. The van der Waals surface area contributed by atoms with Crippen molar-refractivity contribution < 1.29 is 0 Å². The van der Waals surface area contributed by atoms with E-state index in [0.717, 1.165) is 5.69 Å². The molecule has 0 radical (unpaired) electrons. The van der Waals surface area contributed by atoms with E-state index >= 15 is 0 Å². The highest BCUT2D eigenvalue weighted by Gasteiger charge is 2.51. The summed E-state index contributed by atoms with van der Waals surface area (Å²) in [6.07, 6.45) is 0. The molecule has 2 nitrogen and oxygen atoms in total. The van der Waals surface area contributed by atoms with Crippen molar-refractivity contribution in [3.05, 3.63) is 276 Å². The second-order valence-electron chi connectivity index (χ2n) is 20.8. The van der Waals surface area contributed by atoms with Crippen molar-refractivity contribution in [3.8, 4) is 67.0 Å². The summed E-state index contributed by atoms with van der Waals surface area (Å²) in [6.45, 7) is 4.73. The molecular weight excluding hydrogens is 869 g/mol. The van der Waals surface area contributed by atoms with E-state index in [1.807, 2.05) is 0 Å². The highest BCUT2D eigenvalue weighted by Crippen LogP contribution is 2.63. The number of para-hydroxylation sites is 1. The lowest BCUT2D eigenvalue weighted by Crippen LogP contribution is -2.26. The van der Waals surface area contributed by atoms with Crippen molar-refractivity contribution in [3.63, 3.8) is 0 Å². The molecule has 0 aliphatic heterocycles. The fourth-order valence-corrected chi connectivity index (χ4v) is 13.8. The second kappa shape index (κ2) is 14.3. The SMILES string of the molecule is CC1(C)c2ccccc2-c2ccc(-n3c4ccccc4c4cc(-c5ccc6c(c5)c5cc(-c7ccccc7)ccc5n6-c5ccc6c(c5)C5(c7ccccc7-c7ccccc75)c5ccccc5-6)ccc43)cc21. The van der Waals surface area contributed by atoms with E-state index < -0.39 is 5.41 Å². The largest absolute Gasteiger partial charge is 0.309 e. The lowest BCUT2D eigenvalue weighted by Gasteiger charge is -2.30. The maximum absolute atomic E-state index is 2.51. The first-order valence-corrected chi connectivity index (χ1v) is 25.3. The maximum atomic E-state index is 2.51. The number of fused-ring (bicyclic) bond motifs is 19. The monoisotopic (exact) mass is 914 g/mol. The van der Waals surface area contributed by atoms with Crippen LogP contribution in [0.4, 0.5) is 0 Å². The van der Waals surface area contributed by atoms with Crippen LogP contribution in [0.5, 0.6) is 0 Å². The van der Waals surface area contributed by atoms with Crippen LogP contribution in [0.1, 0.15) is 47.2 Å². The van der Waals surface area contributed by atoms with Gasteiger partial charge in [-0.05, 0) is 156 Å². The Balaban J connectivity index is 0.888. The predicted octanol–water partition coefficient (Wildman–Crippen LogP) is 17.9. The highest BCUT2D eigenvalue weighted by atomic mass is 15.0. The first kappa shape index (κ1) is 39.8. The summed E-state index contributed by atoms with van der Waals surface area (Å²) < 4.78 is 4.98. The van der Waals surface area contributed by atoms with Gasteiger partial charge in [-0.15, -0.1) is 0 Å². The van der Waals surface area contributed by atoms with Gasteiger partial charge < -0.3 is 9.13 Å². The molecule has 0 atom stereocenters. The van der Waals surface area contributed by atoms with Crippen molar-refractivity contribution in [2.24, 2.45) is 0 Å². The number of nitrogens with zero attached hydrogens (tertiary/aromatic N) is 2. The molecule has 3 aliphatic rings. The third-order valence-electron chi connectivity index (χ3n) is 16.9. The summed E-state index contributed by atoms with van der Waals surface area (Å²) >= 11 is 0. The molecule has 13 aromatic rings. The smallest absolute Gasteiger partial charge is 0.0726 e. The van der Waals surface area contributed by atoms with Crippen LogP contribution in [-0.2, 0) is 10.8 Å². The predicted molar refractivity (Wildman–Crippen MR) is 300 cm³/mol. The summed E-state index contributed by atoms with van der Waals surface area (Å²) in [5.41, 5.74) is 27.6. The Kier molecular flexibility index (Phi) is 7.92. The van der Waals surface area contributed by atoms with Crippen LogP contribution < -0.4 is 0 Å². The van der Waals surface area contributed by atoms with Gasteiger partial charge in [-0.25, -0.2) is 0 Å². The minimum Gasteiger partial charge on any atom is -0.309 e. The summed E-state index contributed by atoms with van der Waals surface area (Å²) in [5, 5.41) is 4.98. The van der Waals surface area contributed by atoms with Gasteiger partial charge in [0.2, 0.25) is 0 Å². The first-order valence-electron chi connectivity index (χ1n) is 25.3. The van der Waals surface area contributed by atoms with Crippen molar-refractivity contribution in [2.75, 3.05) is 0 Å². The summed E-state index contributed by atoms with van der Waals surface area (Å²) in [5.74, 6) is 0. The van der Waals surface area contributed by atoms with E-state index in [-0.39, 0.29) is 5.41 Å². The normalized spacial score (nSPS) is 14.2. The van der Waals surface area contributed by atoms with Crippen molar-refractivity contribution in [1.29, 1.82) is 0 Å². The Morgan fingerprint density at radius 3 is 1.17 bits per heavy atom. The molecule has 1 spiro atoms.